The van der Waals surface area contributed by atoms with Gasteiger partial charge in [0.15, 0.2) is 0 Å². The highest BCUT2D eigenvalue weighted by molar-refractivity contribution is 5.82. The van der Waals surface area contributed by atoms with E-state index in [2.05, 4.69) is 17.6 Å². The third kappa shape index (κ3) is 3.19. The molecule has 2 N–H and O–H groups in total. The maximum Gasteiger partial charge on any atom is 0.223 e. The fraction of sp³-hybridized carbons (Fsp3) is 0.941. The molecule has 0 bridgehead atoms. The third-order valence-corrected chi connectivity index (χ3v) is 5.72. The lowest BCUT2D eigenvalue weighted by atomic mass is 9.91. The van der Waals surface area contributed by atoms with Crippen molar-refractivity contribution in [1.82, 2.24) is 10.6 Å². The average Bonchev–Trinajstić information content (AvgIpc) is 3.21. The third-order valence-electron chi connectivity index (χ3n) is 5.72. The summed E-state index contributed by atoms with van der Waals surface area (Å²) in [6, 6.07) is 1.14. The highest BCUT2D eigenvalue weighted by Crippen LogP contribution is 2.55. The summed E-state index contributed by atoms with van der Waals surface area (Å²) in [6.45, 7) is 3.35. The minimum absolute atomic E-state index is 0.381. The number of carbonyl (C=O) groups is 1. The van der Waals surface area contributed by atoms with Crippen LogP contribution < -0.4 is 10.6 Å². The number of hydrogen-bond donors (Lipinski definition) is 2. The predicted octanol–water partition coefficient (Wildman–Crippen LogP) is 2.85. The molecule has 3 heteroatoms. The van der Waals surface area contributed by atoms with Crippen LogP contribution in [0.25, 0.3) is 0 Å². The zero-order valence-corrected chi connectivity index (χ0v) is 12.9. The minimum atomic E-state index is 0.381. The molecule has 0 aliphatic heterocycles. The van der Waals surface area contributed by atoms with Gasteiger partial charge in [-0.1, -0.05) is 19.8 Å². The van der Waals surface area contributed by atoms with Crippen molar-refractivity contribution in [2.45, 2.75) is 76.8 Å². The lowest BCUT2D eigenvalue weighted by Gasteiger charge is -2.29. The van der Waals surface area contributed by atoms with Crippen molar-refractivity contribution in [2.24, 2.45) is 17.8 Å². The number of carbonyl (C=O) groups excluding carboxylic acids is 1. The molecule has 0 saturated heterocycles. The number of hydrogen-bond acceptors (Lipinski definition) is 2. The highest BCUT2D eigenvalue weighted by Gasteiger charge is 2.54. The molecular formula is C17H30N2O. The molecule has 20 heavy (non-hydrogen) atoms. The van der Waals surface area contributed by atoms with E-state index < -0.39 is 0 Å². The van der Waals surface area contributed by atoms with E-state index in [9.17, 15) is 4.79 Å². The number of rotatable bonds is 5. The quantitative estimate of drug-likeness (QED) is 0.812. The molecule has 1 amide bonds. The first-order valence-electron chi connectivity index (χ1n) is 8.83. The zero-order chi connectivity index (χ0) is 13.9. The van der Waals surface area contributed by atoms with Crippen LogP contribution in [0.2, 0.25) is 0 Å². The lowest BCUT2D eigenvalue weighted by molar-refractivity contribution is -0.123. The van der Waals surface area contributed by atoms with Crippen LogP contribution >= 0.6 is 0 Å². The molecule has 0 aromatic rings. The molecule has 3 saturated carbocycles. The first kappa shape index (κ1) is 14.4. The first-order chi connectivity index (χ1) is 9.79. The number of nitrogens with one attached hydrogen (secondary N) is 2. The van der Waals surface area contributed by atoms with Gasteiger partial charge in [-0.2, -0.15) is 0 Å². The summed E-state index contributed by atoms with van der Waals surface area (Å²) in [5, 5.41) is 6.96. The smallest absolute Gasteiger partial charge is 0.223 e. The molecule has 3 aliphatic rings. The van der Waals surface area contributed by atoms with Crippen molar-refractivity contribution >= 4 is 5.91 Å². The van der Waals surface area contributed by atoms with Gasteiger partial charge in [-0.15, -0.1) is 0 Å². The van der Waals surface area contributed by atoms with Crippen LogP contribution in [0, 0.1) is 17.8 Å². The first-order valence-corrected chi connectivity index (χ1v) is 8.83. The van der Waals surface area contributed by atoms with E-state index in [1.165, 1.54) is 44.9 Å². The summed E-state index contributed by atoms with van der Waals surface area (Å²) in [7, 11) is 0. The van der Waals surface area contributed by atoms with E-state index in [4.69, 9.17) is 0 Å². The fourth-order valence-electron chi connectivity index (χ4n) is 4.47. The summed E-state index contributed by atoms with van der Waals surface area (Å²) in [5.41, 5.74) is 0. The second-order valence-electron chi connectivity index (χ2n) is 7.15. The van der Waals surface area contributed by atoms with Crippen LogP contribution in [0.15, 0.2) is 0 Å². The van der Waals surface area contributed by atoms with Crippen LogP contribution in [0.1, 0.15) is 64.7 Å². The van der Waals surface area contributed by atoms with Crippen LogP contribution in [0.4, 0.5) is 0 Å². The lowest BCUT2D eigenvalue weighted by Crippen LogP contribution is -2.43. The predicted molar refractivity (Wildman–Crippen MR) is 81.4 cm³/mol. The van der Waals surface area contributed by atoms with Crippen molar-refractivity contribution in [1.29, 1.82) is 0 Å². The summed E-state index contributed by atoms with van der Waals surface area (Å²) in [5.74, 6) is 2.25. The molecule has 0 heterocycles. The second-order valence-corrected chi connectivity index (χ2v) is 7.15. The average molecular weight is 278 g/mol. The fourth-order valence-corrected chi connectivity index (χ4v) is 4.47. The second kappa shape index (κ2) is 6.46. The van der Waals surface area contributed by atoms with Gasteiger partial charge < -0.3 is 10.6 Å². The Kier molecular flexibility index (Phi) is 4.65. The van der Waals surface area contributed by atoms with Gasteiger partial charge in [-0.3, -0.25) is 4.79 Å². The molecule has 114 valence electrons. The Labute approximate surface area is 123 Å². The van der Waals surface area contributed by atoms with Gasteiger partial charge in [0.2, 0.25) is 5.91 Å². The van der Waals surface area contributed by atoms with Crippen LogP contribution in [-0.2, 0) is 4.79 Å². The van der Waals surface area contributed by atoms with Gasteiger partial charge in [0.05, 0.1) is 0 Å². The van der Waals surface area contributed by atoms with Crippen LogP contribution in [-0.4, -0.2) is 24.5 Å². The largest absolute Gasteiger partial charge is 0.353 e. The number of fused-ring (bicyclic) bond motifs is 1. The molecule has 0 aromatic heterocycles. The van der Waals surface area contributed by atoms with Crippen molar-refractivity contribution in [3.63, 3.8) is 0 Å². The van der Waals surface area contributed by atoms with Gasteiger partial charge in [0, 0.05) is 18.0 Å². The van der Waals surface area contributed by atoms with Crippen molar-refractivity contribution in [3.05, 3.63) is 0 Å². The molecular weight excluding hydrogens is 248 g/mol. The Balaban J connectivity index is 1.38. The minimum Gasteiger partial charge on any atom is -0.353 e. The summed E-state index contributed by atoms with van der Waals surface area (Å²) < 4.78 is 0. The number of amides is 1. The topological polar surface area (TPSA) is 41.1 Å². The Morgan fingerprint density at radius 1 is 0.950 bits per heavy atom. The van der Waals surface area contributed by atoms with Crippen molar-refractivity contribution in [2.75, 3.05) is 6.54 Å². The maximum atomic E-state index is 12.4. The van der Waals surface area contributed by atoms with E-state index in [0.717, 1.165) is 31.2 Å². The Morgan fingerprint density at radius 2 is 1.55 bits per heavy atom. The van der Waals surface area contributed by atoms with Crippen molar-refractivity contribution in [3.8, 4) is 0 Å². The van der Waals surface area contributed by atoms with E-state index in [1.54, 1.807) is 0 Å². The molecule has 0 spiro atoms. The molecule has 2 unspecified atom stereocenters. The summed E-state index contributed by atoms with van der Waals surface area (Å²) >= 11 is 0. The van der Waals surface area contributed by atoms with E-state index in [1.807, 2.05) is 0 Å². The highest BCUT2D eigenvalue weighted by atomic mass is 16.2. The molecule has 3 nitrogen and oxygen atoms in total. The van der Waals surface area contributed by atoms with Gasteiger partial charge in [0.25, 0.3) is 0 Å². The van der Waals surface area contributed by atoms with Gasteiger partial charge in [-0.25, -0.2) is 0 Å². The standard InChI is InChI=1S/C17H30N2O/c1-2-11-18-12-7-9-13(10-8-12)19-17(20)16-14-5-3-4-6-15(14)16/h12-16,18H,2-11H2,1H3,(H,19,20). The van der Waals surface area contributed by atoms with Gasteiger partial charge in [-0.05, 0) is 63.3 Å². The van der Waals surface area contributed by atoms with E-state index in [-0.39, 0.29) is 0 Å². The molecule has 3 fully saturated rings. The van der Waals surface area contributed by atoms with Crippen LogP contribution in [0.3, 0.4) is 0 Å². The Morgan fingerprint density at radius 3 is 2.15 bits per heavy atom. The van der Waals surface area contributed by atoms with E-state index in [0.29, 0.717) is 23.9 Å². The summed E-state index contributed by atoms with van der Waals surface area (Å²) in [6.07, 6.45) is 11.3. The normalized spacial score (nSPS) is 40.0. The monoisotopic (exact) mass is 278 g/mol. The van der Waals surface area contributed by atoms with Crippen LogP contribution in [0.5, 0.6) is 0 Å². The molecule has 0 aromatic carbocycles. The van der Waals surface area contributed by atoms with Gasteiger partial charge in [0.1, 0.15) is 0 Å². The van der Waals surface area contributed by atoms with Gasteiger partial charge >= 0.3 is 0 Å². The Hall–Kier alpha value is -0.570. The molecule has 2 atom stereocenters. The molecule has 3 rings (SSSR count). The zero-order valence-electron chi connectivity index (χ0n) is 12.9. The van der Waals surface area contributed by atoms with E-state index >= 15 is 0 Å². The molecule has 3 aliphatic carbocycles. The maximum absolute atomic E-state index is 12.4. The Bertz CT molecular complexity index is 324. The van der Waals surface area contributed by atoms with Crippen molar-refractivity contribution < 1.29 is 4.79 Å². The molecule has 0 radical (unpaired) electrons. The SMILES string of the molecule is CCCNC1CCC(NC(=O)C2C3CCCCC32)CC1. The summed E-state index contributed by atoms with van der Waals surface area (Å²) in [4.78, 5) is 12.4.